The summed E-state index contributed by atoms with van der Waals surface area (Å²) in [7, 11) is 0. The zero-order chi connectivity index (χ0) is 21.7. The van der Waals surface area contributed by atoms with Crippen molar-refractivity contribution in [1.29, 1.82) is 0 Å². The molecule has 32 heavy (non-hydrogen) atoms. The molecule has 0 saturated carbocycles. The fourth-order valence-electron chi connectivity index (χ4n) is 5.21. The fourth-order valence-corrected chi connectivity index (χ4v) is 6.49. The van der Waals surface area contributed by atoms with Crippen molar-refractivity contribution >= 4 is 33.1 Å². The van der Waals surface area contributed by atoms with Gasteiger partial charge in [-0.1, -0.05) is 12.1 Å². The third-order valence-corrected chi connectivity index (χ3v) is 7.95. The van der Waals surface area contributed by atoms with Gasteiger partial charge < -0.3 is 19.5 Å². The summed E-state index contributed by atoms with van der Waals surface area (Å²) < 4.78 is 6.13. The summed E-state index contributed by atoms with van der Waals surface area (Å²) >= 11 is 1.65. The number of thiophene rings is 1. The van der Waals surface area contributed by atoms with Crippen molar-refractivity contribution in [2.24, 2.45) is 0 Å². The highest BCUT2D eigenvalue weighted by atomic mass is 32.1. The maximum Gasteiger partial charge on any atom is 0.265 e. The quantitative estimate of drug-likeness (QED) is 0.663. The van der Waals surface area contributed by atoms with Gasteiger partial charge in [0.1, 0.15) is 16.4 Å². The van der Waals surface area contributed by atoms with Crippen LogP contribution in [0.1, 0.15) is 41.9 Å². The average Bonchev–Trinajstić information content (AvgIpc) is 3.40. The van der Waals surface area contributed by atoms with Crippen molar-refractivity contribution in [2.75, 3.05) is 24.5 Å². The van der Waals surface area contributed by atoms with E-state index in [2.05, 4.69) is 9.88 Å². The number of nitrogens with one attached hydrogen (secondary N) is 1. The van der Waals surface area contributed by atoms with Crippen molar-refractivity contribution < 1.29 is 9.53 Å². The number of ether oxygens (including phenoxy) is 1. The topological polar surface area (TPSA) is 78.5 Å². The number of para-hydroxylation sites is 2. The molecule has 1 unspecified atom stereocenters. The van der Waals surface area contributed by atoms with Crippen LogP contribution in [0.4, 0.5) is 5.69 Å². The third-order valence-electron chi connectivity index (χ3n) is 6.77. The Morgan fingerprint density at radius 3 is 2.88 bits per heavy atom. The van der Waals surface area contributed by atoms with E-state index in [1.807, 2.05) is 29.2 Å². The molecule has 0 radical (unpaired) electrons. The molecular formula is C24H26N4O3S. The highest BCUT2D eigenvalue weighted by Gasteiger charge is 2.34. The van der Waals surface area contributed by atoms with Gasteiger partial charge in [0, 0.05) is 18.0 Å². The number of nitrogens with zero attached hydrogens (tertiary/aromatic N) is 3. The minimum absolute atomic E-state index is 0.0492. The van der Waals surface area contributed by atoms with Gasteiger partial charge in [0.05, 0.1) is 24.2 Å². The molecule has 1 atom stereocenters. The van der Waals surface area contributed by atoms with Gasteiger partial charge in [0.2, 0.25) is 0 Å². The highest BCUT2D eigenvalue weighted by molar-refractivity contribution is 7.18. The molecule has 1 aliphatic carbocycles. The van der Waals surface area contributed by atoms with Crippen LogP contribution < -0.4 is 15.2 Å². The second kappa shape index (κ2) is 7.92. The largest absolute Gasteiger partial charge is 0.477 e. The van der Waals surface area contributed by atoms with Crippen LogP contribution in [-0.2, 0) is 24.2 Å². The maximum absolute atomic E-state index is 13.2. The SMILES string of the molecule is O=C(C1CN(Cc2nc3sc4c(c3c(=O)[nH]2)CCC4)c2ccccc2O1)N1CCCCC1. The first kappa shape index (κ1) is 19.8. The molecule has 1 aromatic carbocycles. The van der Waals surface area contributed by atoms with Crippen LogP contribution in [0.5, 0.6) is 5.75 Å². The van der Waals surface area contributed by atoms with E-state index in [4.69, 9.17) is 9.72 Å². The van der Waals surface area contributed by atoms with Crippen LogP contribution >= 0.6 is 11.3 Å². The van der Waals surface area contributed by atoms with Gasteiger partial charge in [0.25, 0.3) is 11.5 Å². The molecular weight excluding hydrogens is 424 g/mol. The molecule has 6 rings (SSSR count). The summed E-state index contributed by atoms with van der Waals surface area (Å²) in [6, 6.07) is 7.78. The number of H-pyrrole nitrogens is 1. The van der Waals surface area contributed by atoms with E-state index in [0.717, 1.165) is 61.1 Å². The second-order valence-corrected chi connectivity index (χ2v) is 9.97. The zero-order valence-electron chi connectivity index (χ0n) is 17.9. The Morgan fingerprint density at radius 1 is 1.16 bits per heavy atom. The van der Waals surface area contributed by atoms with Crippen LogP contribution in [0.2, 0.25) is 0 Å². The normalized spacial score (nSPS) is 20.2. The molecule has 3 aromatic rings. The third kappa shape index (κ3) is 3.37. The number of fused-ring (bicyclic) bond motifs is 4. The van der Waals surface area contributed by atoms with Crippen LogP contribution in [0.3, 0.4) is 0 Å². The summed E-state index contributed by atoms with van der Waals surface area (Å²) in [5.41, 5.74) is 2.06. The summed E-state index contributed by atoms with van der Waals surface area (Å²) in [6.07, 6.45) is 5.86. The molecule has 7 nitrogen and oxygen atoms in total. The number of hydrogen-bond donors (Lipinski definition) is 1. The zero-order valence-corrected chi connectivity index (χ0v) is 18.7. The number of anilines is 1. The number of benzene rings is 1. The van der Waals surface area contributed by atoms with Gasteiger partial charge in [-0.3, -0.25) is 9.59 Å². The number of aromatic amines is 1. The second-order valence-electron chi connectivity index (χ2n) is 8.89. The number of hydrogen-bond acceptors (Lipinski definition) is 6. The number of amides is 1. The number of piperidine rings is 1. The minimum atomic E-state index is -0.552. The summed E-state index contributed by atoms with van der Waals surface area (Å²) in [6.45, 7) is 2.47. The predicted octanol–water partition coefficient (Wildman–Crippen LogP) is 3.25. The standard InChI is InChI=1S/C24H26N4O3S/c29-22-21-15-7-6-10-19(15)32-23(21)26-20(25-22)14-28-13-18(24(30)27-11-4-1-5-12-27)31-17-9-3-2-8-16(17)28/h2-3,8-9,18H,1,4-7,10-14H2,(H,25,26,29). The van der Waals surface area contributed by atoms with Gasteiger partial charge >= 0.3 is 0 Å². The molecule has 1 fully saturated rings. The first-order valence-electron chi connectivity index (χ1n) is 11.5. The Hall–Kier alpha value is -2.87. The van der Waals surface area contributed by atoms with Crippen molar-refractivity contribution in [3.63, 3.8) is 0 Å². The van der Waals surface area contributed by atoms with Crippen LogP contribution in [0.25, 0.3) is 10.2 Å². The lowest BCUT2D eigenvalue weighted by Crippen LogP contribution is -2.51. The average molecular weight is 451 g/mol. The van der Waals surface area contributed by atoms with E-state index in [-0.39, 0.29) is 11.5 Å². The van der Waals surface area contributed by atoms with Gasteiger partial charge in [-0.15, -0.1) is 11.3 Å². The molecule has 8 heteroatoms. The summed E-state index contributed by atoms with van der Waals surface area (Å²) in [5, 5.41) is 0.770. The van der Waals surface area contributed by atoms with Crippen LogP contribution in [0.15, 0.2) is 29.1 Å². The monoisotopic (exact) mass is 450 g/mol. The van der Waals surface area contributed by atoms with E-state index in [9.17, 15) is 9.59 Å². The lowest BCUT2D eigenvalue weighted by molar-refractivity contribution is -0.139. The molecule has 0 bridgehead atoms. The molecule has 4 heterocycles. The molecule has 1 amide bonds. The summed E-state index contributed by atoms with van der Waals surface area (Å²) in [5.74, 6) is 1.38. The smallest absolute Gasteiger partial charge is 0.265 e. The van der Waals surface area contributed by atoms with E-state index >= 15 is 0 Å². The van der Waals surface area contributed by atoms with Crippen LogP contribution in [-0.4, -0.2) is 46.5 Å². The molecule has 1 saturated heterocycles. The molecule has 1 N–H and O–H groups in total. The van der Waals surface area contributed by atoms with Crippen LogP contribution in [0, 0.1) is 0 Å². The number of likely N-dealkylation sites (tertiary alicyclic amines) is 1. The number of carbonyl (C=O) groups excluding carboxylic acids is 1. The minimum Gasteiger partial charge on any atom is -0.477 e. The Bertz CT molecular complexity index is 1240. The van der Waals surface area contributed by atoms with E-state index in [1.54, 1.807) is 11.3 Å². The Morgan fingerprint density at radius 2 is 2.00 bits per heavy atom. The van der Waals surface area contributed by atoms with Crippen molar-refractivity contribution in [1.82, 2.24) is 14.9 Å². The van der Waals surface area contributed by atoms with E-state index in [0.29, 0.717) is 24.7 Å². The fraction of sp³-hybridized carbons (Fsp3) is 0.458. The van der Waals surface area contributed by atoms with Crippen molar-refractivity contribution in [2.45, 2.75) is 51.2 Å². The molecule has 2 aliphatic heterocycles. The van der Waals surface area contributed by atoms with Gasteiger partial charge in [-0.25, -0.2) is 4.98 Å². The molecule has 3 aliphatic rings. The number of rotatable bonds is 3. The van der Waals surface area contributed by atoms with Crippen molar-refractivity contribution in [3.8, 4) is 5.75 Å². The number of carbonyl (C=O) groups is 1. The first-order chi connectivity index (χ1) is 15.7. The highest BCUT2D eigenvalue weighted by Crippen LogP contribution is 2.36. The predicted molar refractivity (Wildman–Crippen MR) is 125 cm³/mol. The maximum atomic E-state index is 13.2. The molecule has 0 spiro atoms. The Kier molecular flexibility index (Phi) is 4.90. The first-order valence-corrected chi connectivity index (χ1v) is 12.3. The Labute approximate surface area is 190 Å². The molecule has 166 valence electrons. The van der Waals surface area contributed by atoms with Gasteiger partial charge in [0.15, 0.2) is 6.10 Å². The summed E-state index contributed by atoms with van der Waals surface area (Å²) in [4.78, 5) is 40.1. The van der Waals surface area contributed by atoms with Crippen molar-refractivity contribution in [3.05, 3.63) is 50.9 Å². The van der Waals surface area contributed by atoms with E-state index < -0.39 is 6.10 Å². The number of aromatic nitrogens is 2. The lowest BCUT2D eigenvalue weighted by Gasteiger charge is -2.38. The van der Waals surface area contributed by atoms with E-state index in [1.165, 1.54) is 16.9 Å². The number of aryl methyl sites for hydroxylation is 2. The molecule has 2 aromatic heterocycles. The van der Waals surface area contributed by atoms with Gasteiger partial charge in [-0.2, -0.15) is 0 Å². The lowest BCUT2D eigenvalue weighted by atomic mass is 10.1. The van der Waals surface area contributed by atoms with Gasteiger partial charge in [-0.05, 0) is 56.2 Å². The Balaban J connectivity index is 1.31.